The van der Waals surface area contributed by atoms with Gasteiger partial charge in [-0.2, -0.15) is 0 Å². The Bertz CT molecular complexity index is 234. The molecule has 0 aliphatic heterocycles. The average Bonchev–Trinajstić information content (AvgIpc) is 2.17. The minimum absolute atomic E-state index is 0.193. The summed E-state index contributed by atoms with van der Waals surface area (Å²) in [6, 6.07) is 0. The van der Waals surface area contributed by atoms with Gasteiger partial charge >= 0.3 is 5.97 Å². The molecule has 0 saturated heterocycles. The lowest BCUT2D eigenvalue weighted by Crippen LogP contribution is -2.46. The molecule has 1 unspecified atom stereocenters. The van der Waals surface area contributed by atoms with Gasteiger partial charge < -0.3 is 15.1 Å². The van der Waals surface area contributed by atoms with Crippen molar-refractivity contribution >= 4 is 5.97 Å². The van der Waals surface area contributed by atoms with E-state index in [1.165, 1.54) is 39.0 Å². The van der Waals surface area contributed by atoms with Gasteiger partial charge in [0.15, 0.2) is 5.60 Å². The van der Waals surface area contributed by atoms with Crippen LogP contribution in [0.25, 0.3) is 0 Å². The first-order valence-electron chi connectivity index (χ1n) is 6.06. The number of carboxylic acid groups (broad SMARTS) is 1. The van der Waals surface area contributed by atoms with Gasteiger partial charge in [0.1, 0.15) is 0 Å². The lowest BCUT2D eigenvalue weighted by Gasteiger charge is -2.30. The Balaban J connectivity index is 2.34. The maximum Gasteiger partial charge on any atom is 0.336 e. The van der Waals surface area contributed by atoms with Crippen molar-refractivity contribution in [2.75, 3.05) is 20.1 Å². The van der Waals surface area contributed by atoms with Crippen molar-refractivity contribution in [1.82, 2.24) is 4.90 Å². The molecule has 4 nitrogen and oxygen atoms in total. The van der Waals surface area contributed by atoms with E-state index < -0.39 is 11.6 Å². The van der Waals surface area contributed by atoms with E-state index in [2.05, 4.69) is 0 Å². The van der Waals surface area contributed by atoms with Crippen LogP contribution in [0, 0.1) is 5.92 Å². The molecule has 94 valence electrons. The molecular formula is C12H23NO3. The number of rotatable bonds is 5. The van der Waals surface area contributed by atoms with Gasteiger partial charge in [0.25, 0.3) is 0 Å². The highest BCUT2D eigenvalue weighted by atomic mass is 16.4. The van der Waals surface area contributed by atoms with Gasteiger partial charge in [0.05, 0.1) is 0 Å². The quantitative estimate of drug-likeness (QED) is 0.746. The molecule has 2 N–H and O–H groups in total. The Hall–Kier alpha value is -0.610. The van der Waals surface area contributed by atoms with Gasteiger partial charge in [-0.15, -0.1) is 0 Å². The Labute approximate surface area is 97.3 Å². The van der Waals surface area contributed by atoms with E-state index in [0.29, 0.717) is 5.92 Å². The maximum atomic E-state index is 10.8. The zero-order chi connectivity index (χ0) is 12.2. The van der Waals surface area contributed by atoms with E-state index >= 15 is 0 Å². The molecule has 1 aliphatic rings. The second kappa shape index (κ2) is 5.64. The fourth-order valence-electron chi connectivity index (χ4n) is 2.47. The zero-order valence-corrected chi connectivity index (χ0v) is 10.3. The number of carboxylic acids is 1. The van der Waals surface area contributed by atoms with E-state index in [1.807, 2.05) is 11.9 Å². The minimum Gasteiger partial charge on any atom is -0.479 e. The molecule has 0 aromatic heterocycles. The van der Waals surface area contributed by atoms with Crippen LogP contribution in [0.2, 0.25) is 0 Å². The maximum absolute atomic E-state index is 10.8. The van der Waals surface area contributed by atoms with Crippen LogP contribution >= 0.6 is 0 Å². The summed E-state index contributed by atoms with van der Waals surface area (Å²) < 4.78 is 0. The number of nitrogens with zero attached hydrogens (tertiary/aromatic N) is 1. The zero-order valence-electron chi connectivity index (χ0n) is 10.3. The van der Waals surface area contributed by atoms with E-state index in [9.17, 15) is 9.90 Å². The molecular weight excluding hydrogens is 206 g/mol. The third-order valence-electron chi connectivity index (χ3n) is 3.33. The number of hydrogen-bond acceptors (Lipinski definition) is 3. The van der Waals surface area contributed by atoms with Gasteiger partial charge in [-0.05, 0) is 32.7 Å². The van der Waals surface area contributed by atoms with Crippen LogP contribution in [-0.4, -0.2) is 46.8 Å². The number of carbonyl (C=O) groups is 1. The van der Waals surface area contributed by atoms with Crippen LogP contribution in [0.3, 0.4) is 0 Å². The first-order chi connectivity index (χ1) is 7.42. The smallest absolute Gasteiger partial charge is 0.336 e. The van der Waals surface area contributed by atoms with Crippen LogP contribution in [0.15, 0.2) is 0 Å². The fraction of sp³-hybridized carbons (Fsp3) is 0.917. The Morgan fingerprint density at radius 2 is 1.94 bits per heavy atom. The van der Waals surface area contributed by atoms with Crippen LogP contribution in [0.1, 0.15) is 39.0 Å². The molecule has 1 aliphatic carbocycles. The van der Waals surface area contributed by atoms with Gasteiger partial charge in [-0.25, -0.2) is 4.79 Å². The molecule has 0 aromatic rings. The van der Waals surface area contributed by atoms with Crippen LogP contribution < -0.4 is 0 Å². The summed E-state index contributed by atoms with van der Waals surface area (Å²) >= 11 is 0. The SMILES string of the molecule is CN(CC1CCCCC1)CC(C)(O)C(=O)O. The van der Waals surface area contributed by atoms with Crippen molar-refractivity contribution in [2.45, 2.75) is 44.6 Å². The Morgan fingerprint density at radius 1 is 1.38 bits per heavy atom. The molecule has 0 heterocycles. The fourth-order valence-corrected chi connectivity index (χ4v) is 2.47. The molecule has 1 fully saturated rings. The van der Waals surface area contributed by atoms with E-state index in [0.717, 1.165) is 6.54 Å². The summed E-state index contributed by atoms with van der Waals surface area (Å²) in [6.45, 7) is 2.44. The number of hydrogen-bond donors (Lipinski definition) is 2. The molecule has 0 radical (unpaired) electrons. The number of likely N-dealkylation sites (N-methyl/N-ethyl adjacent to an activating group) is 1. The van der Waals surface area contributed by atoms with Gasteiger partial charge in [-0.3, -0.25) is 0 Å². The molecule has 16 heavy (non-hydrogen) atoms. The van der Waals surface area contributed by atoms with Gasteiger partial charge in [-0.1, -0.05) is 19.3 Å². The van der Waals surface area contributed by atoms with Crippen LogP contribution in [-0.2, 0) is 4.79 Å². The molecule has 1 rings (SSSR count). The van der Waals surface area contributed by atoms with Crippen LogP contribution in [0.5, 0.6) is 0 Å². The van der Waals surface area contributed by atoms with Crippen molar-refractivity contribution < 1.29 is 15.0 Å². The van der Waals surface area contributed by atoms with Crippen molar-refractivity contribution in [3.63, 3.8) is 0 Å². The largest absolute Gasteiger partial charge is 0.479 e. The van der Waals surface area contributed by atoms with Crippen molar-refractivity contribution in [3.05, 3.63) is 0 Å². The lowest BCUT2D eigenvalue weighted by molar-refractivity contribution is -0.158. The van der Waals surface area contributed by atoms with E-state index in [1.54, 1.807) is 0 Å². The van der Waals surface area contributed by atoms with Crippen LogP contribution in [0.4, 0.5) is 0 Å². The second-order valence-electron chi connectivity index (χ2n) is 5.28. The summed E-state index contributed by atoms with van der Waals surface area (Å²) in [5.41, 5.74) is -1.64. The standard InChI is InChI=1S/C12H23NO3/c1-12(16,11(14)15)9-13(2)8-10-6-4-3-5-7-10/h10,16H,3-9H2,1-2H3,(H,14,15). The molecule has 1 atom stereocenters. The van der Waals surface area contributed by atoms with Crippen molar-refractivity contribution in [1.29, 1.82) is 0 Å². The summed E-state index contributed by atoms with van der Waals surface area (Å²) in [5, 5.41) is 18.5. The van der Waals surface area contributed by atoms with E-state index in [-0.39, 0.29) is 6.54 Å². The predicted octanol–water partition coefficient (Wildman–Crippen LogP) is 1.33. The van der Waals surface area contributed by atoms with Crippen molar-refractivity contribution in [2.24, 2.45) is 5.92 Å². The summed E-state index contributed by atoms with van der Waals surface area (Å²) in [4.78, 5) is 12.7. The topological polar surface area (TPSA) is 60.8 Å². The molecule has 0 aromatic carbocycles. The molecule has 4 heteroatoms. The number of aliphatic hydroxyl groups is 1. The first-order valence-corrected chi connectivity index (χ1v) is 6.06. The molecule has 0 spiro atoms. The second-order valence-corrected chi connectivity index (χ2v) is 5.28. The highest BCUT2D eigenvalue weighted by Gasteiger charge is 2.31. The molecule has 1 saturated carbocycles. The predicted molar refractivity (Wildman–Crippen MR) is 62.3 cm³/mol. The highest BCUT2D eigenvalue weighted by molar-refractivity contribution is 5.76. The van der Waals surface area contributed by atoms with Gasteiger partial charge in [0, 0.05) is 13.1 Å². The molecule has 0 bridgehead atoms. The van der Waals surface area contributed by atoms with Gasteiger partial charge in [0.2, 0.25) is 0 Å². The summed E-state index contributed by atoms with van der Waals surface area (Å²) in [5.74, 6) is -0.480. The monoisotopic (exact) mass is 229 g/mol. The average molecular weight is 229 g/mol. The Morgan fingerprint density at radius 3 is 2.44 bits per heavy atom. The third kappa shape index (κ3) is 4.10. The lowest BCUT2D eigenvalue weighted by atomic mass is 9.89. The normalized spacial score (nSPS) is 22.0. The minimum atomic E-state index is -1.64. The summed E-state index contributed by atoms with van der Waals surface area (Å²) in [6.07, 6.45) is 6.37. The highest BCUT2D eigenvalue weighted by Crippen LogP contribution is 2.24. The Kier molecular flexibility index (Phi) is 4.74. The molecule has 0 amide bonds. The van der Waals surface area contributed by atoms with E-state index in [4.69, 9.17) is 5.11 Å². The summed E-state index contributed by atoms with van der Waals surface area (Å²) in [7, 11) is 1.88. The third-order valence-corrected chi connectivity index (χ3v) is 3.33. The number of aliphatic carboxylic acids is 1. The van der Waals surface area contributed by atoms with Crippen molar-refractivity contribution in [3.8, 4) is 0 Å². The first kappa shape index (κ1) is 13.5.